The van der Waals surface area contributed by atoms with Crippen molar-refractivity contribution in [1.82, 2.24) is 0 Å². The molecule has 0 spiro atoms. The van der Waals surface area contributed by atoms with Crippen LogP contribution in [0.25, 0.3) is 0 Å². The van der Waals surface area contributed by atoms with Gasteiger partial charge in [0.15, 0.2) is 0 Å². The van der Waals surface area contributed by atoms with Gasteiger partial charge in [0.05, 0.1) is 0 Å². The molecule has 0 aromatic heterocycles. The van der Waals surface area contributed by atoms with Crippen LogP contribution in [-0.2, 0) is 9.53 Å². The van der Waals surface area contributed by atoms with Crippen molar-refractivity contribution in [1.29, 1.82) is 0 Å². The first-order valence-corrected chi connectivity index (χ1v) is 29.6. The van der Waals surface area contributed by atoms with Crippen molar-refractivity contribution in [2.75, 3.05) is 7.11 Å². The van der Waals surface area contributed by atoms with E-state index in [1.165, 1.54) is 107 Å². The van der Waals surface area contributed by atoms with Crippen molar-refractivity contribution in [2.24, 2.45) is 0 Å². The van der Waals surface area contributed by atoms with Gasteiger partial charge < -0.3 is 0 Å². The molecule has 0 aliphatic rings. The number of rotatable bonds is 21. The molecule has 0 unspecified atom stereocenters. The maximum absolute atomic E-state index is 13.8. The predicted molar refractivity (Wildman–Crippen MR) is 155 cm³/mol. The van der Waals surface area contributed by atoms with Crippen LogP contribution in [0.1, 0.15) is 126 Å². The van der Waals surface area contributed by atoms with Crippen LogP contribution in [0.15, 0.2) is 7.18 Å². The van der Waals surface area contributed by atoms with Crippen LogP contribution in [0, 0.1) is 0 Å². The Morgan fingerprint density at radius 3 is 1.06 bits per heavy atom. The Hall–Kier alpha value is 0.807. The molecule has 0 bridgehead atoms. The third-order valence-electron chi connectivity index (χ3n) is 8.14. The quantitative estimate of drug-likeness (QED) is 0.0687. The first-order valence-electron chi connectivity index (χ1n) is 14.7. The number of carbonyl (C=O) groups excluding carboxylic acids is 1. The number of carbonyl (C=O) groups is 1. The molecule has 0 saturated carbocycles. The molecule has 0 aliphatic heterocycles. The Labute approximate surface area is 217 Å². The second-order valence-electron chi connectivity index (χ2n) is 10.7. The fraction of sp³-hybridized carbons (Fsp3) is 0.897. The fourth-order valence-corrected chi connectivity index (χ4v) is 48.9. The van der Waals surface area contributed by atoms with Gasteiger partial charge in [-0.05, 0) is 0 Å². The molecule has 0 aliphatic carbocycles. The molecule has 0 atom stereocenters. The monoisotopic (exact) mass is 680 g/mol. The van der Waals surface area contributed by atoms with Gasteiger partial charge in [0.1, 0.15) is 0 Å². The molecule has 0 heterocycles. The van der Waals surface area contributed by atoms with Gasteiger partial charge in [-0.1, -0.05) is 0 Å². The Kier molecular flexibility index (Phi) is 20.4. The molecule has 0 rings (SSSR count). The summed E-state index contributed by atoms with van der Waals surface area (Å²) in [4.78, 5) is 13.8. The summed E-state index contributed by atoms with van der Waals surface area (Å²) in [5, 5.41) is 0. The summed E-state index contributed by atoms with van der Waals surface area (Å²) in [7, 11) is 1.66. The Morgan fingerprint density at radius 2 is 0.818 bits per heavy atom. The second-order valence-corrected chi connectivity index (χ2v) is 37.4. The summed E-state index contributed by atoms with van der Waals surface area (Å²) >= 11 is -5.56. The molecule has 4 heteroatoms. The van der Waals surface area contributed by atoms with Gasteiger partial charge in [-0.25, -0.2) is 0 Å². The van der Waals surface area contributed by atoms with Gasteiger partial charge in [0.25, 0.3) is 0 Å². The van der Waals surface area contributed by atoms with Gasteiger partial charge in [0, 0.05) is 0 Å². The summed E-state index contributed by atoms with van der Waals surface area (Å²) in [6.45, 7) is 16.5. The fourth-order valence-electron chi connectivity index (χ4n) is 5.91. The van der Waals surface area contributed by atoms with E-state index in [9.17, 15) is 4.79 Å². The van der Waals surface area contributed by atoms with E-state index in [1.807, 2.05) is 0 Å². The molecule has 196 valence electrons. The number of allylic oxidation sites excluding steroid dienone is 1. The number of ether oxygens (including phenoxy) is 1. The molecule has 33 heavy (non-hydrogen) atoms. The molecular weight excluding hydrogens is 618 g/mol. The van der Waals surface area contributed by atoms with Crippen molar-refractivity contribution in [2.45, 2.75) is 152 Å². The van der Waals surface area contributed by atoms with E-state index in [-0.39, 0.29) is 5.97 Å². The normalized spacial score (nSPS) is 13.2. The zero-order valence-electron chi connectivity index (χ0n) is 24.0. The molecule has 0 saturated heterocycles. The average Bonchev–Trinajstić information content (AvgIpc) is 2.84. The molecular formula is C29H60O2Sn2. The number of esters is 1. The molecule has 0 aromatic rings. The molecule has 0 fully saturated rings. The van der Waals surface area contributed by atoms with Gasteiger partial charge in [-0.15, -0.1) is 0 Å². The van der Waals surface area contributed by atoms with Gasteiger partial charge in [-0.3, -0.25) is 0 Å². The summed E-state index contributed by atoms with van der Waals surface area (Å²) in [6.07, 6.45) is 15.6. The maximum atomic E-state index is 13.8. The zero-order chi connectivity index (χ0) is 25.2. The van der Waals surface area contributed by atoms with Crippen molar-refractivity contribution < 1.29 is 9.53 Å². The van der Waals surface area contributed by atoms with E-state index in [2.05, 4.69) is 48.5 Å². The number of hydrogen-bond acceptors (Lipinski definition) is 2. The van der Waals surface area contributed by atoms with Gasteiger partial charge in [0.2, 0.25) is 0 Å². The molecule has 0 amide bonds. The summed E-state index contributed by atoms with van der Waals surface area (Å²) < 4.78 is 17.2. The zero-order valence-corrected chi connectivity index (χ0v) is 29.8. The summed E-state index contributed by atoms with van der Waals surface area (Å²) in [5.41, 5.74) is 0. The Bertz CT molecular complexity index is 498. The van der Waals surface area contributed by atoms with Crippen molar-refractivity contribution in [3.8, 4) is 0 Å². The molecule has 0 radical (unpaired) electrons. The van der Waals surface area contributed by atoms with E-state index in [1.54, 1.807) is 10.7 Å². The Balaban J connectivity index is 7.03. The van der Waals surface area contributed by atoms with E-state index in [4.69, 9.17) is 4.74 Å². The van der Waals surface area contributed by atoms with Crippen molar-refractivity contribution in [3.63, 3.8) is 0 Å². The predicted octanol–water partition coefficient (Wildman–Crippen LogP) is 10.3. The van der Waals surface area contributed by atoms with Crippen LogP contribution < -0.4 is 0 Å². The number of methoxy groups -OCH3 is 1. The minimum absolute atomic E-state index is 0.108. The van der Waals surface area contributed by atoms with E-state index in [0.717, 1.165) is 0 Å². The molecule has 2 nitrogen and oxygen atoms in total. The summed E-state index contributed by atoms with van der Waals surface area (Å²) in [6, 6.07) is 0. The standard InChI is InChI=1S/C5H6O2.6C4H9.2Sn/c1-3-4-5(6)7-2;6*1-3-4-2;;/h1-2H3;6*1,3-4H2,2H3;;. The van der Waals surface area contributed by atoms with Crippen molar-refractivity contribution in [3.05, 3.63) is 7.18 Å². The van der Waals surface area contributed by atoms with Crippen LogP contribution >= 0.6 is 0 Å². The minimum atomic E-state index is -2.89. The van der Waals surface area contributed by atoms with Crippen molar-refractivity contribution >= 4 is 42.7 Å². The summed E-state index contributed by atoms with van der Waals surface area (Å²) in [5.74, 6) is 0.108. The van der Waals surface area contributed by atoms with Crippen LogP contribution in [0.5, 0.6) is 0 Å². The van der Waals surface area contributed by atoms with Crippen LogP contribution in [0.2, 0.25) is 26.6 Å². The Morgan fingerprint density at radius 1 is 0.545 bits per heavy atom. The third kappa shape index (κ3) is 11.2. The number of hydrogen-bond donors (Lipinski definition) is 0. The number of unbranched alkanes of at least 4 members (excludes halogenated alkanes) is 6. The van der Waals surface area contributed by atoms with E-state index >= 15 is 0 Å². The molecule has 0 aromatic carbocycles. The first-order chi connectivity index (χ1) is 15.9. The van der Waals surface area contributed by atoms with Gasteiger partial charge in [-0.2, -0.15) is 0 Å². The second kappa shape index (κ2) is 19.9. The van der Waals surface area contributed by atoms with Crippen LogP contribution in [0.3, 0.4) is 0 Å². The molecule has 0 N–H and O–H groups in total. The average molecular weight is 678 g/mol. The van der Waals surface area contributed by atoms with Gasteiger partial charge >= 0.3 is 219 Å². The third-order valence-corrected chi connectivity index (χ3v) is 42.6. The topological polar surface area (TPSA) is 26.3 Å². The van der Waals surface area contributed by atoms with Crippen LogP contribution in [-0.4, -0.2) is 49.8 Å². The van der Waals surface area contributed by atoms with Crippen LogP contribution in [0.4, 0.5) is 0 Å². The SMILES string of the molecule is CCC[CH2][Sn]([CH2]CCC)([CH2]CCC)/[C](C)=[C](/C(=O)OC)[Sn]([CH2]CCC)([CH2]CCC)[CH2]CCC. The van der Waals surface area contributed by atoms with E-state index < -0.39 is 36.8 Å². The van der Waals surface area contributed by atoms with E-state index in [0.29, 0.717) is 0 Å². The first kappa shape index (κ1) is 33.8.